The molecule has 0 aliphatic heterocycles. The Hall–Kier alpha value is -0.860. The molecule has 1 aliphatic rings. The average Bonchev–Trinajstić information content (AvgIpc) is 2.26. The summed E-state index contributed by atoms with van der Waals surface area (Å²) in [6, 6.07) is 9.29. The maximum Gasteiger partial charge on any atom is 0.0460 e. The Morgan fingerprint density at radius 1 is 1.32 bits per heavy atom. The molecule has 1 aromatic carbocycles. The van der Waals surface area contributed by atoms with Crippen molar-refractivity contribution < 1.29 is 0 Å². The van der Waals surface area contributed by atoms with Gasteiger partial charge >= 0.3 is 0 Å². The molecule has 2 nitrogen and oxygen atoms in total. The first-order chi connectivity index (χ1) is 8.99. The molecule has 106 valence electrons. The largest absolute Gasteiger partial charge is 0.271 e. The number of hydrazine groups is 1. The SMILES string of the molecule is CC(C)(C)CCC(NN)c1cccc(C2CCC2)c1. The van der Waals surface area contributed by atoms with Crippen LogP contribution in [0.25, 0.3) is 0 Å². The molecule has 0 bridgehead atoms. The zero-order chi connectivity index (χ0) is 13.9. The van der Waals surface area contributed by atoms with Gasteiger partial charge in [0.1, 0.15) is 0 Å². The topological polar surface area (TPSA) is 38.0 Å². The summed E-state index contributed by atoms with van der Waals surface area (Å²) < 4.78 is 0. The van der Waals surface area contributed by atoms with Gasteiger partial charge in [-0.25, -0.2) is 0 Å². The van der Waals surface area contributed by atoms with Crippen molar-refractivity contribution in [2.24, 2.45) is 11.3 Å². The molecular formula is C17H28N2. The maximum absolute atomic E-state index is 5.76. The molecule has 19 heavy (non-hydrogen) atoms. The average molecular weight is 260 g/mol. The first-order valence-corrected chi connectivity index (χ1v) is 7.55. The second kappa shape index (κ2) is 6.06. The molecule has 3 N–H and O–H groups in total. The summed E-state index contributed by atoms with van der Waals surface area (Å²) in [5.74, 6) is 6.55. The second-order valence-corrected chi connectivity index (χ2v) is 7.12. The molecule has 1 aliphatic carbocycles. The molecule has 2 heteroatoms. The number of hydrogen-bond acceptors (Lipinski definition) is 2. The molecule has 0 aromatic heterocycles. The van der Waals surface area contributed by atoms with Gasteiger partial charge < -0.3 is 0 Å². The summed E-state index contributed by atoms with van der Waals surface area (Å²) in [6.45, 7) is 6.85. The quantitative estimate of drug-likeness (QED) is 0.612. The second-order valence-electron chi connectivity index (χ2n) is 7.12. The van der Waals surface area contributed by atoms with E-state index in [2.05, 4.69) is 50.5 Å². The molecule has 1 fully saturated rings. The lowest BCUT2D eigenvalue weighted by atomic mass is 9.79. The van der Waals surface area contributed by atoms with Crippen LogP contribution in [0.1, 0.15) is 76.0 Å². The minimum atomic E-state index is 0.277. The number of nitrogens with one attached hydrogen (secondary N) is 1. The summed E-state index contributed by atoms with van der Waals surface area (Å²) in [7, 11) is 0. The van der Waals surface area contributed by atoms with Gasteiger partial charge in [0.15, 0.2) is 0 Å². The third-order valence-corrected chi connectivity index (χ3v) is 4.27. The van der Waals surface area contributed by atoms with E-state index in [0.717, 1.165) is 12.3 Å². The minimum absolute atomic E-state index is 0.277. The highest BCUT2D eigenvalue weighted by molar-refractivity contribution is 5.29. The van der Waals surface area contributed by atoms with Crippen molar-refractivity contribution in [1.82, 2.24) is 5.43 Å². The standard InChI is InChI=1S/C17H28N2/c1-17(2,3)11-10-16(19-18)15-9-5-8-14(12-15)13-6-4-7-13/h5,8-9,12-13,16,19H,4,6-7,10-11,18H2,1-3H3. The van der Waals surface area contributed by atoms with Gasteiger partial charge in [-0.05, 0) is 48.1 Å². The van der Waals surface area contributed by atoms with Gasteiger partial charge in [-0.1, -0.05) is 51.5 Å². The Morgan fingerprint density at radius 2 is 2.05 bits per heavy atom. The van der Waals surface area contributed by atoms with Crippen molar-refractivity contribution in [2.45, 2.75) is 64.8 Å². The Balaban J connectivity index is 2.05. The summed E-state index contributed by atoms with van der Waals surface area (Å²) in [5.41, 5.74) is 6.20. The zero-order valence-electron chi connectivity index (χ0n) is 12.6. The van der Waals surface area contributed by atoms with Gasteiger partial charge in [0.2, 0.25) is 0 Å². The van der Waals surface area contributed by atoms with Crippen LogP contribution in [0, 0.1) is 5.41 Å². The molecule has 2 rings (SSSR count). The lowest BCUT2D eigenvalue weighted by molar-refractivity contribution is 0.333. The van der Waals surface area contributed by atoms with E-state index >= 15 is 0 Å². The Kier molecular flexibility index (Phi) is 4.64. The van der Waals surface area contributed by atoms with E-state index in [4.69, 9.17) is 5.84 Å². The molecule has 0 saturated heterocycles. The van der Waals surface area contributed by atoms with E-state index in [1.54, 1.807) is 0 Å². The van der Waals surface area contributed by atoms with Crippen molar-refractivity contribution in [3.63, 3.8) is 0 Å². The molecule has 0 heterocycles. The van der Waals surface area contributed by atoms with Crippen LogP contribution < -0.4 is 11.3 Å². The normalized spacial score (nSPS) is 18.1. The van der Waals surface area contributed by atoms with Crippen molar-refractivity contribution in [1.29, 1.82) is 0 Å². The van der Waals surface area contributed by atoms with Crippen molar-refractivity contribution in [3.05, 3.63) is 35.4 Å². The maximum atomic E-state index is 5.76. The van der Waals surface area contributed by atoms with Gasteiger partial charge in [-0.15, -0.1) is 0 Å². The highest BCUT2D eigenvalue weighted by Crippen LogP contribution is 2.37. The van der Waals surface area contributed by atoms with E-state index in [1.807, 2.05) is 0 Å². The van der Waals surface area contributed by atoms with Crippen LogP contribution in [0.5, 0.6) is 0 Å². The lowest BCUT2D eigenvalue weighted by Gasteiger charge is -2.27. The van der Waals surface area contributed by atoms with Gasteiger partial charge in [0.05, 0.1) is 0 Å². The molecule has 1 atom stereocenters. The molecule has 0 amide bonds. The predicted octanol–water partition coefficient (Wildman–Crippen LogP) is 4.28. The number of nitrogens with two attached hydrogens (primary N) is 1. The highest BCUT2D eigenvalue weighted by Gasteiger charge is 2.21. The molecule has 1 saturated carbocycles. The smallest absolute Gasteiger partial charge is 0.0460 e. The van der Waals surface area contributed by atoms with Gasteiger partial charge in [-0.2, -0.15) is 0 Å². The first kappa shape index (κ1) is 14.5. The van der Waals surface area contributed by atoms with Crippen LogP contribution in [0.2, 0.25) is 0 Å². The molecule has 1 aromatic rings. The van der Waals surface area contributed by atoms with Gasteiger partial charge in [-0.3, -0.25) is 11.3 Å². The zero-order valence-corrected chi connectivity index (χ0v) is 12.6. The van der Waals surface area contributed by atoms with Crippen molar-refractivity contribution >= 4 is 0 Å². The molecule has 1 unspecified atom stereocenters. The first-order valence-electron chi connectivity index (χ1n) is 7.55. The lowest BCUT2D eigenvalue weighted by Crippen LogP contribution is -2.29. The van der Waals surface area contributed by atoms with Gasteiger partial charge in [0.25, 0.3) is 0 Å². The van der Waals surface area contributed by atoms with Crippen LogP contribution in [-0.2, 0) is 0 Å². The fourth-order valence-corrected chi connectivity index (χ4v) is 2.69. The highest BCUT2D eigenvalue weighted by atomic mass is 15.2. The van der Waals surface area contributed by atoms with Gasteiger partial charge in [0, 0.05) is 6.04 Å². The van der Waals surface area contributed by atoms with E-state index in [9.17, 15) is 0 Å². The predicted molar refractivity (Wildman–Crippen MR) is 81.8 cm³/mol. The van der Waals surface area contributed by atoms with E-state index < -0.39 is 0 Å². The van der Waals surface area contributed by atoms with E-state index in [0.29, 0.717) is 5.41 Å². The fraction of sp³-hybridized carbons (Fsp3) is 0.647. The minimum Gasteiger partial charge on any atom is -0.271 e. The van der Waals surface area contributed by atoms with Crippen LogP contribution in [0.15, 0.2) is 24.3 Å². The summed E-state index contributed by atoms with van der Waals surface area (Å²) >= 11 is 0. The summed E-state index contributed by atoms with van der Waals surface area (Å²) in [6.07, 6.45) is 6.36. The van der Waals surface area contributed by atoms with Crippen LogP contribution >= 0.6 is 0 Å². The molecule has 0 radical (unpaired) electrons. The monoisotopic (exact) mass is 260 g/mol. The number of rotatable bonds is 5. The Labute approximate surface area is 117 Å². The van der Waals surface area contributed by atoms with Crippen LogP contribution in [0.4, 0.5) is 0 Å². The van der Waals surface area contributed by atoms with Crippen molar-refractivity contribution in [2.75, 3.05) is 0 Å². The van der Waals surface area contributed by atoms with E-state index in [-0.39, 0.29) is 6.04 Å². The molecular weight excluding hydrogens is 232 g/mol. The Bertz CT molecular complexity index is 402. The summed E-state index contributed by atoms with van der Waals surface area (Å²) in [4.78, 5) is 0. The van der Waals surface area contributed by atoms with Crippen LogP contribution in [-0.4, -0.2) is 0 Å². The van der Waals surface area contributed by atoms with Crippen molar-refractivity contribution in [3.8, 4) is 0 Å². The number of hydrogen-bond donors (Lipinski definition) is 2. The Morgan fingerprint density at radius 3 is 2.58 bits per heavy atom. The number of benzene rings is 1. The van der Waals surface area contributed by atoms with Crippen LogP contribution in [0.3, 0.4) is 0 Å². The third kappa shape index (κ3) is 4.05. The molecule has 0 spiro atoms. The fourth-order valence-electron chi connectivity index (χ4n) is 2.69. The summed E-state index contributed by atoms with van der Waals surface area (Å²) in [5, 5.41) is 0. The van der Waals surface area contributed by atoms with E-state index in [1.165, 1.54) is 36.8 Å². The third-order valence-electron chi connectivity index (χ3n) is 4.27.